The number of ether oxygens (including phenoxy) is 1. The highest BCUT2D eigenvalue weighted by molar-refractivity contribution is 6.03. The summed E-state index contributed by atoms with van der Waals surface area (Å²) in [6.45, 7) is 0.613. The molecule has 0 saturated carbocycles. The highest BCUT2D eigenvalue weighted by Gasteiger charge is 2.14. The average molecular weight is 449 g/mol. The lowest BCUT2D eigenvalue weighted by Gasteiger charge is -2.11. The zero-order chi connectivity index (χ0) is 23.3. The first-order valence-corrected chi connectivity index (χ1v) is 11.0. The number of benzene rings is 2. The minimum atomic E-state index is -0.318. The van der Waals surface area contributed by atoms with E-state index in [4.69, 9.17) is 9.15 Å². The predicted octanol–water partition coefficient (Wildman–Crippen LogP) is 4.49. The van der Waals surface area contributed by atoms with Crippen molar-refractivity contribution in [1.82, 2.24) is 5.32 Å². The van der Waals surface area contributed by atoms with E-state index in [0.29, 0.717) is 30.0 Å². The lowest BCUT2D eigenvalue weighted by atomic mass is 10.1. The summed E-state index contributed by atoms with van der Waals surface area (Å²) in [6, 6.07) is 20.3. The molecule has 7 heteroatoms. The summed E-state index contributed by atoms with van der Waals surface area (Å²) in [5.74, 6) is -0.259. The van der Waals surface area contributed by atoms with Gasteiger partial charge in [-0.25, -0.2) is 0 Å². The van der Waals surface area contributed by atoms with Crippen LogP contribution in [-0.2, 0) is 27.3 Å². The number of carbonyl (C=O) groups excluding carboxylic acids is 3. The maximum Gasteiger partial charge on any atom is 0.305 e. The molecule has 0 aliphatic rings. The van der Waals surface area contributed by atoms with E-state index in [9.17, 15) is 14.4 Å². The number of rotatable bonds is 12. The average Bonchev–Trinajstić information content (AvgIpc) is 3.35. The van der Waals surface area contributed by atoms with Gasteiger partial charge in [-0.05, 0) is 49.1 Å². The molecule has 1 heterocycles. The standard InChI is InChI=1S/C26H28N2O5/c29-24(15-6-16-25(30)33-18-7-11-20-9-2-1-3-10-20)28-23-14-5-4-13-22(23)26(31)27-19-21-12-8-17-32-21/h1-5,8-10,12-14,17H,6-7,11,15-16,18-19H2,(H,27,31)(H,28,29). The minimum absolute atomic E-state index is 0.154. The van der Waals surface area contributed by atoms with Crippen LogP contribution in [0.2, 0.25) is 0 Å². The summed E-state index contributed by atoms with van der Waals surface area (Å²) in [7, 11) is 0. The summed E-state index contributed by atoms with van der Waals surface area (Å²) in [4.78, 5) is 36.7. The van der Waals surface area contributed by atoms with E-state index in [0.717, 1.165) is 12.8 Å². The Bertz CT molecular complexity index is 1030. The van der Waals surface area contributed by atoms with Crippen LogP contribution in [0.25, 0.3) is 0 Å². The van der Waals surface area contributed by atoms with Gasteiger partial charge in [-0.1, -0.05) is 42.5 Å². The SMILES string of the molecule is O=C(CCCC(=O)OCCCc1ccccc1)Nc1ccccc1C(=O)NCc1ccco1. The number of anilines is 1. The molecule has 33 heavy (non-hydrogen) atoms. The van der Waals surface area contributed by atoms with E-state index < -0.39 is 0 Å². The number of furan rings is 1. The van der Waals surface area contributed by atoms with E-state index in [-0.39, 0.29) is 37.2 Å². The second kappa shape index (κ2) is 12.9. The molecule has 0 spiro atoms. The van der Waals surface area contributed by atoms with Crippen molar-refractivity contribution < 1.29 is 23.5 Å². The number of carbonyl (C=O) groups is 3. The molecule has 0 saturated heterocycles. The van der Waals surface area contributed by atoms with E-state index in [1.807, 2.05) is 30.3 Å². The monoisotopic (exact) mass is 448 g/mol. The second-order valence-corrected chi connectivity index (χ2v) is 7.52. The molecular weight excluding hydrogens is 420 g/mol. The van der Waals surface area contributed by atoms with Crippen LogP contribution in [0.4, 0.5) is 5.69 Å². The first-order valence-electron chi connectivity index (χ1n) is 11.0. The number of hydrogen-bond acceptors (Lipinski definition) is 5. The third-order valence-corrected chi connectivity index (χ3v) is 4.95. The van der Waals surface area contributed by atoms with Gasteiger partial charge in [-0.3, -0.25) is 14.4 Å². The summed E-state index contributed by atoms with van der Waals surface area (Å²) in [6.07, 6.45) is 3.85. The fraction of sp³-hybridized carbons (Fsp3) is 0.269. The van der Waals surface area contributed by atoms with Gasteiger partial charge in [-0.15, -0.1) is 0 Å². The van der Waals surface area contributed by atoms with Crippen LogP contribution >= 0.6 is 0 Å². The van der Waals surface area contributed by atoms with Gasteiger partial charge in [-0.2, -0.15) is 0 Å². The Balaban J connectivity index is 1.35. The lowest BCUT2D eigenvalue weighted by molar-refractivity contribution is -0.143. The molecule has 0 unspecified atom stereocenters. The predicted molar refractivity (Wildman–Crippen MR) is 125 cm³/mol. The quantitative estimate of drug-likeness (QED) is 0.314. The molecule has 3 aromatic rings. The molecule has 0 aliphatic carbocycles. The molecule has 0 bridgehead atoms. The Kier molecular flexibility index (Phi) is 9.27. The zero-order valence-electron chi connectivity index (χ0n) is 18.4. The van der Waals surface area contributed by atoms with Crippen molar-refractivity contribution in [3.8, 4) is 0 Å². The molecule has 0 atom stereocenters. The van der Waals surface area contributed by atoms with Crippen molar-refractivity contribution in [1.29, 1.82) is 0 Å². The van der Waals surface area contributed by atoms with E-state index in [1.54, 1.807) is 36.4 Å². The number of para-hydroxylation sites is 1. The van der Waals surface area contributed by atoms with Crippen LogP contribution in [0.15, 0.2) is 77.4 Å². The highest BCUT2D eigenvalue weighted by atomic mass is 16.5. The van der Waals surface area contributed by atoms with Crippen molar-refractivity contribution >= 4 is 23.5 Å². The van der Waals surface area contributed by atoms with Gasteiger partial charge in [0.05, 0.1) is 30.7 Å². The van der Waals surface area contributed by atoms with Crippen molar-refractivity contribution in [2.24, 2.45) is 0 Å². The summed E-state index contributed by atoms with van der Waals surface area (Å²) >= 11 is 0. The lowest BCUT2D eigenvalue weighted by Crippen LogP contribution is -2.24. The third kappa shape index (κ3) is 8.29. The van der Waals surface area contributed by atoms with Gasteiger partial charge in [0.15, 0.2) is 0 Å². The van der Waals surface area contributed by atoms with Crippen molar-refractivity contribution in [3.05, 3.63) is 89.9 Å². The molecule has 7 nitrogen and oxygen atoms in total. The molecule has 0 aliphatic heterocycles. The van der Waals surface area contributed by atoms with E-state index in [2.05, 4.69) is 10.6 Å². The smallest absolute Gasteiger partial charge is 0.305 e. The maximum absolute atomic E-state index is 12.5. The fourth-order valence-electron chi connectivity index (χ4n) is 3.25. The first kappa shape index (κ1) is 23.8. The molecule has 1 aromatic heterocycles. The van der Waals surface area contributed by atoms with Gasteiger partial charge in [0.2, 0.25) is 5.91 Å². The summed E-state index contributed by atoms with van der Waals surface area (Å²) < 4.78 is 10.4. The molecule has 0 fully saturated rings. The Morgan fingerprint density at radius 2 is 1.64 bits per heavy atom. The van der Waals surface area contributed by atoms with Gasteiger partial charge in [0, 0.05) is 12.8 Å². The Morgan fingerprint density at radius 3 is 2.42 bits per heavy atom. The number of aryl methyl sites for hydroxylation is 1. The molecule has 2 N–H and O–H groups in total. The van der Waals surface area contributed by atoms with Gasteiger partial charge in [0.25, 0.3) is 5.91 Å². The molecule has 3 rings (SSSR count). The van der Waals surface area contributed by atoms with E-state index in [1.165, 1.54) is 11.8 Å². The summed E-state index contributed by atoms with van der Waals surface area (Å²) in [5.41, 5.74) is 1.98. The fourth-order valence-corrected chi connectivity index (χ4v) is 3.25. The van der Waals surface area contributed by atoms with Crippen molar-refractivity contribution in [2.45, 2.75) is 38.6 Å². The van der Waals surface area contributed by atoms with Crippen LogP contribution in [0, 0.1) is 0 Å². The van der Waals surface area contributed by atoms with Crippen LogP contribution in [0.5, 0.6) is 0 Å². The third-order valence-electron chi connectivity index (χ3n) is 4.95. The van der Waals surface area contributed by atoms with Gasteiger partial charge < -0.3 is 19.8 Å². The van der Waals surface area contributed by atoms with Crippen LogP contribution < -0.4 is 10.6 Å². The Morgan fingerprint density at radius 1 is 0.848 bits per heavy atom. The molecule has 2 aromatic carbocycles. The molecule has 0 radical (unpaired) electrons. The highest BCUT2D eigenvalue weighted by Crippen LogP contribution is 2.16. The molecule has 172 valence electrons. The Hall–Kier alpha value is -3.87. The number of nitrogens with one attached hydrogen (secondary N) is 2. The minimum Gasteiger partial charge on any atom is -0.467 e. The number of hydrogen-bond donors (Lipinski definition) is 2. The Labute approximate surface area is 193 Å². The normalized spacial score (nSPS) is 10.4. The topological polar surface area (TPSA) is 97.6 Å². The first-order chi connectivity index (χ1) is 16.1. The number of esters is 1. The van der Waals surface area contributed by atoms with E-state index >= 15 is 0 Å². The zero-order valence-corrected chi connectivity index (χ0v) is 18.4. The second-order valence-electron chi connectivity index (χ2n) is 7.52. The van der Waals surface area contributed by atoms with Crippen LogP contribution in [0.3, 0.4) is 0 Å². The maximum atomic E-state index is 12.5. The molecule has 2 amide bonds. The van der Waals surface area contributed by atoms with Crippen molar-refractivity contribution in [2.75, 3.05) is 11.9 Å². The number of amides is 2. The van der Waals surface area contributed by atoms with Crippen molar-refractivity contribution in [3.63, 3.8) is 0 Å². The van der Waals surface area contributed by atoms with Gasteiger partial charge >= 0.3 is 5.97 Å². The molecular formula is C26H28N2O5. The van der Waals surface area contributed by atoms with Crippen LogP contribution in [-0.4, -0.2) is 24.4 Å². The largest absolute Gasteiger partial charge is 0.467 e. The van der Waals surface area contributed by atoms with Crippen LogP contribution in [0.1, 0.15) is 47.4 Å². The summed E-state index contributed by atoms with van der Waals surface area (Å²) in [5, 5.41) is 5.52. The van der Waals surface area contributed by atoms with Gasteiger partial charge in [0.1, 0.15) is 5.76 Å².